The number of benzene rings is 1. The lowest BCUT2D eigenvalue weighted by molar-refractivity contribution is 0.733. The molecule has 0 saturated carbocycles. The first-order valence-electron chi connectivity index (χ1n) is 6.98. The monoisotopic (exact) mass is 255 g/mol. The van der Waals surface area contributed by atoms with Gasteiger partial charge < -0.3 is 0 Å². The van der Waals surface area contributed by atoms with Gasteiger partial charge in [0.05, 0.1) is 5.69 Å². The van der Waals surface area contributed by atoms with Crippen molar-refractivity contribution in [3.8, 4) is 0 Å². The fraction of sp³-hybridized carbons (Fsp3) is 0.444. The van der Waals surface area contributed by atoms with Gasteiger partial charge in [0.2, 0.25) is 0 Å². The molecule has 0 saturated heterocycles. The van der Waals surface area contributed by atoms with E-state index in [1.54, 1.807) is 0 Å². The molecular weight excluding hydrogens is 230 g/mol. The summed E-state index contributed by atoms with van der Waals surface area (Å²) in [7, 11) is 0. The van der Waals surface area contributed by atoms with E-state index in [9.17, 15) is 0 Å². The van der Waals surface area contributed by atoms with Gasteiger partial charge in [0.1, 0.15) is 0 Å². The Morgan fingerprint density at radius 1 is 1.37 bits per heavy atom. The second kappa shape index (κ2) is 7.11. The van der Waals surface area contributed by atoms with Gasteiger partial charge in [-0.25, -0.2) is 0 Å². The van der Waals surface area contributed by atoms with Crippen LogP contribution in [0.4, 0.5) is 5.69 Å². The number of para-hydroxylation sites is 1. The number of allylic oxidation sites excluding steroid dienone is 1. The van der Waals surface area contributed by atoms with Crippen LogP contribution >= 0.6 is 0 Å². The molecule has 0 aliphatic carbocycles. The van der Waals surface area contributed by atoms with E-state index in [0.29, 0.717) is 5.92 Å². The standard InChI is InChI=1S/C18H25N/c1-7-16(8-2)12-15(6)17-11-9-10-14(5)18(17)19-13(3)4/h9-11,15H,1,8,12H2,2-6H3. The molecule has 0 heterocycles. The molecule has 0 fully saturated rings. The molecule has 0 aromatic heterocycles. The third-order valence-corrected chi connectivity index (χ3v) is 3.36. The third-order valence-electron chi connectivity index (χ3n) is 3.36. The Hall–Kier alpha value is -1.59. The van der Waals surface area contributed by atoms with Crippen molar-refractivity contribution >= 4 is 11.4 Å². The topological polar surface area (TPSA) is 12.4 Å². The normalized spacial score (nSPS) is 11.6. The summed E-state index contributed by atoms with van der Waals surface area (Å²) in [5.41, 5.74) is 9.14. The number of nitrogens with zero attached hydrogens (tertiary/aromatic N) is 1. The van der Waals surface area contributed by atoms with E-state index in [1.807, 2.05) is 13.8 Å². The molecule has 0 amide bonds. The maximum absolute atomic E-state index is 4.71. The highest BCUT2D eigenvalue weighted by Crippen LogP contribution is 2.34. The second-order valence-electron chi connectivity index (χ2n) is 5.31. The molecule has 1 atom stereocenters. The molecule has 0 aliphatic rings. The van der Waals surface area contributed by atoms with E-state index < -0.39 is 0 Å². The number of aryl methyl sites for hydroxylation is 1. The zero-order chi connectivity index (χ0) is 14.4. The number of rotatable bonds is 5. The SMILES string of the molecule is C=C=C(CC)CC(C)c1cccc(C)c1N=C(C)C. The predicted octanol–water partition coefficient (Wildman–Crippen LogP) is 5.72. The van der Waals surface area contributed by atoms with Crippen molar-refractivity contribution < 1.29 is 0 Å². The lowest BCUT2D eigenvalue weighted by atomic mass is 9.90. The van der Waals surface area contributed by atoms with Crippen LogP contribution in [0.25, 0.3) is 0 Å². The van der Waals surface area contributed by atoms with Crippen LogP contribution in [-0.2, 0) is 0 Å². The quantitative estimate of drug-likeness (QED) is 0.471. The van der Waals surface area contributed by atoms with Crippen molar-refractivity contribution in [1.29, 1.82) is 0 Å². The van der Waals surface area contributed by atoms with Crippen molar-refractivity contribution in [3.63, 3.8) is 0 Å². The summed E-state index contributed by atoms with van der Waals surface area (Å²) in [6.45, 7) is 14.4. The van der Waals surface area contributed by atoms with Crippen LogP contribution in [0.3, 0.4) is 0 Å². The molecule has 0 radical (unpaired) electrons. The highest BCUT2D eigenvalue weighted by atomic mass is 14.7. The first-order valence-corrected chi connectivity index (χ1v) is 6.98. The fourth-order valence-corrected chi connectivity index (χ4v) is 2.28. The van der Waals surface area contributed by atoms with Gasteiger partial charge in [0.15, 0.2) is 0 Å². The number of aliphatic imine (C=N–C) groups is 1. The van der Waals surface area contributed by atoms with E-state index in [2.05, 4.69) is 51.3 Å². The zero-order valence-electron chi connectivity index (χ0n) is 12.9. The van der Waals surface area contributed by atoms with E-state index in [0.717, 1.165) is 24.2 Å². The van der Waals surface area contributed by atoms with E-state index in [-0.39, 0.29) is 0 Å². The van der Waals surface area contributed by atoms with Crippen LogP contribution in [0.1, 0.15) is 57.6 Å². The fourth-order valence-electron chi connectivity index (χ4n) is 2.28. The Labute approximate surface area is 117 Å². The maximum Gasteiger partial charge on any atom is 0.0692 e. The lowest BCUT2D eigenvalue weighted by Gasteiger charge is -2.17. The minimum Gasteiger partial charge on any atom is -0.258 e. The Balaban J connectivity index is 3.16. The van der Waals surface area contributed by atoms with Crippen molar-refractivity contribution in [2.24, 2.45) is 4.99 Å². The summed E-state index contributed by atoms with van der Waals surface area (Å²) >= 11 is 0. The minimum atomic E-state index is 0.446. The molecule has 1 unspecified atom stereocenters. The van der Waals surface area contributed by atoms with Gasteiger partial charge >= 0.3 is 0 Å². The lowest BCUT2D eigenvalue weighted by Crippen LogP contribution is -1.98. The molecule has 0 spiro atoms. The Morgan fingerprint density at radius 3 is 2.58 bits per heavy atom. The molecule has 0 bridgehead atoms. The van der Waals surface area contributed by atoms with E-state index >= 15 is 0 Å². The molecule has 19 heavy (non-hydrogen) atoms. The summed E-state index contributed by atoms with van der Waals surface area (Å²) in [5.74, 6) is 0.446. The van der Waals surface area contributed by atoms with Crippen molar-refractivity contribution in [2.45, 2.75) is 53.4 Å². The zero-order valence-corrected chi connectivity index (χ0v) is 12.9. The Kier molecular flexibility index (Phi) is 5.79. The highest BCUT2D eigenvalue weighted by Gasteiger charge is 2.13. The average molecular weight is 255 g/mol. The first kappa shape index (κ1) is 15.5. The summed E-state index contributed by atoms with van der Waals surface area (Å²) in [6.07, 6.45) is 2.03. The second-order valence-corrected chi connectivity index (χ2v) is 5.31. The molecule has 1 rings (SSSR count). The Morgan fingerprint density at radius 2 is 2.05 bits per heavy atom. The molecule has 1 nitrogen and oxygen atoms in total. The predicted molar refractivity (Wildman–Crippen MR) is 85.6 cm³/mol. The first-order chi connectivity index (χ1) is 8.99. The van der Waals surface area contributed by atoms with Gasteiger partial charge in [-0.15, -0.1) is 5.73 Å². The molecule has 102 valence electrons. The largest absolute Gasteiger partial charge is 0.258 e. The van der Waals surface area contributed by atoms with E-state index in [1.165, 1.54) is 16.7 Å². The third kappa shape index (κ3) is 4.22. The van der Waals surface area contributed by atoms with Gasteiger partial charge in [-0.3, -0.25) is 4.99 Å². The van der Waals surface area contributed by atoms with Gasteiger partial charge in [0.25, 0.3) is 0 Å². The molecule has 1 heteroatoms. The van der Waals surface area contributed by atoms with Gasteiger partial charge in [-0.05, 0) is 56.2 Å². The van der Waals surface area contributed by atoms with Crippen LogP contribution in [0.5, 0.6) is 0 Å². The van der Waals surface area contributed by atoms with Gasteiger partial charge in [-0.1, -0.05) is 38.6 Å². The van der Waals surface area contributed by atoms with E-state index in [4.69, 9.17) is 4.99 Å². The van der Waals surface area contributed by atoms with Crippen LogP contribution in [-0.4, -0.2) is 5.71 Å². The number of hydrogen-bond acceptors (Lipinski definition) is 1. The summed E-state index contributed by atoms with van der Waals surface area (Å²) in [5, 5.41) is 0. The Bertz CT molecular complexity index is 512. The molecule has 0 aliphatic heterocycles. The van der Waals surface area contributed by atoms with Crippen molar-refractivity contribution in [3.05, 3.63) is 47.2 Å². The molecule has 1 aromatic carbocycles. The van der Waals surface area contributed by atoms with Gasteiger partial charge in [0, 0.05) is 5.71 Å². The summed E-state index contributed by atoms with van der Waals surface area (Å²) in [4.78, 5) is 4.71. The van der Waals surface area contributed by atoms with Crippen LogP contribution in [0, 0.1) is 6.92 Å². The smallest absolute Gasteiger partial charge is 0.0692 e. The van der Waals surface area contributed by atoms with Crippen molar-refractivity contribution in [1.82, 2.24) is 0 Å². The molecule has 0 N–H and O–H groups in total. The van der Waals surface area contributed by atoms with Crippen LogP contribution in [0.15, 0.2) is 41.1 Å². The van der Waals surface area contributed by atoms with Crippen molar-refractivity contribution in [2.75, 3.05) is 0 Å². The average Bonchev–Trinajstić information content (AvgIpc) is 2.37. The number of hydrogen-bond donors (Lipinski definition) is 0. The summed E-state index contributed by atoms with van der Waals surface area (Å²) in [6, 6.07) is 6.44. The van der Waals surface area contributed by atoms with Crippen LogP contribution in [0.2, 0.25) is 0 Å². The maximum atomic E-state index is 4.71. The van der Waals surface area contributed by atoms with Gasteiger partial charge in [-0.2, -0.15) is 0 Å². The molecular formula is C18H25N. The van der Waals surface area contributed by atoms with Crippen LogP contribution < -0.4 is 0 Å². The molecule has 1 aromatic rings. The minimum absolute atomic E-state index is 0.446. The highest BCUT2D eigenvalue weighted by molar-refractivity contribution is 5.83. The summed E-state index contributed by atoms with van der Waals surface area (Å²) < 4.78 is 0.